The predicted octanol–water partition coefficient (Wildman–Crippen LogP) is 0.118. The van der Waals surface area contributed by atoms with Crippen molar-refractivity contribution in [2.24, 2.45) is 5.73 Å². The summed E-state index contributed by atoms with van der Waals surface area (Å²) in [5.74, 6) is 0.639. The highest BCUT2D eigenvalue weighted by molar-refractivity contribution is 4.82. The van der Waals surface area contributed by atoms with Gasteiger partial charge < -0.3 is 15.0 Å². The van der Waals surface area contributed by atoms with Gasteiger partial charge in [0.25, 0.3) is 0 Å². The molecule has 1 aliphatic heterocycles. The maximum Gasteiger partial charge on any atom is 0.228 e. The van der Waals surface area contributed by atoms with Gasteiger partial charge in [-0.05, 0) is 12.8 Å². The molecule has 0 unspecified atom stereocenters. The van der Waals surface area contributed by atoms with E-state index in [9.17, 15) is 0 Å². The molecule has 13 heavy (non-hydrogen) atoms. The van der Waals surface area contributed by atoms with E-state index < -0.39 is 0 Å². The fraction of sp³-hybridized carbons (Fsp3) is 0.750. The van der Waals surface area contributed by atoms with E-state index in [0.29, 0.717) is 18.9 Å². The fourth-order valence-electron chi connectivity index (χ4n) is 1.47. The van der Waals surface area contributed by atoms with Crippen LogP contribution in [-0.4, -0.2) is 28.9 Å². The van der Waals surface area contributed by atoms with Gasteiger partial charge in [-0.15, -0.1) is 0 Å². The summed E-state index contributed by atoms with van der Waals surface area (Å²) in [5.41, 5.74) is 5.69. The van der Waals surface area contributed by atoms with E-state index in [4.69, 9.17) is 15.0 Å². The second kappa shape index (κ2) is 3.85. The van der Waals surface area contributed by atoms with Crippen molar-refractivity contribution in [2.45, 2.75) is 31.4 Å². The topological polar surface area (TPSA) is 74.2 Å². The van der Waals surface area contributed by atoms with Crippen molar-refractivity contribution >= 4 is 0 Å². The number of hydrogen-bond donors (Lipinski definition) is 1. The van der Waals surface area contributed by atoms with Crippen LogP contribution in [-0.2, 0) is 11.2 Å². The molecule has 2 N–H and O–H groups in total. The van der Waals surface area contributed by atoms with Gasteiger partial charge in [0.1, 0.15) is 0 Å². The monoisotopic (exact) mass is 183 g/mol. The molecule has 0 aliphatic carbocycles. The van der Waals surface area contributed by atoms with Crippen molar-refractivity contribution in [3.8, 4) is 0 Å². The van der Waals surface area contributed by atoms with E-state index in [1.54, 1.807) is 0 Å². The standard InChI is InChI=1S/C8H13N3O2/c9-6-1-2-7(12-4-6)3-8-10-5-11-13-8/h5-7H,1-4,9H2/t6-,7+/m1/s1. The van der Waals surface area contributed by atoms with E-state index in [-0.39, 0.29) is 12.1 Å². The Morgan fingerprint density at radius 2 is 2.46 bits per heavy atom. The molecule has 72 valence electrons. The maximum absolute atomic E-state index is 5.69. The Kier molecular flexibility index (Phi) is 2.56. The predicted molar refractivity (Wildman–Crippen MR) is 45.0 cm³/mol. The summed E-state index contributed by atoms with van der Waals surface area (Å²) >= 11 is 0. The Morgan fingerprint density at radius 3 is 3.08 bits per heavy atom. The molecule has 1 fully saturated rings. The summed E-state index contributed by atoms with van der Waals surface area (Å²) in [5, 5.41) is 3.54. The molecule has 0 radical (unpaired) electrons. The van der Waals surface area contributed by atoms with E-state index >= 15 is 0 Å². The van der Waals surface area contributed by atoms with Gasteiger partial charge in [-0.25, -0.2) is 0 Å². The third-order valence-corrected chi connectivity index (χ3v) is 2.21. The third kappa shape index (κ3) is 2.26. The van der Waals surface area contributed by atoms with Crippen molar-refractivity contribution < 1.29 is 9.26 Å². The van der Waals surface area contributed by atoms with Gasteiger partial charge in [0.15, 0.2) is 6.33 Å². The van der Waals surface area contributed by atoms with Crippen molar-refractivity contribution in [1.29, 1.82) is 0 Å². The number of hydrogen-bond acceptors (Lipinski definition) is 5. The molecule has 2 rings (SSSR count). The van der Waals surface area contributed by atoms with Gasteiger partial charge in [-0.2, -0.15) is 4.98 Å². The lowest BCUT2D eigenvalue weighted by Crippen LogP contribution is -2.36. The van der Waals surface area contributed by atoms with Gasteiger partial charge in [0.05, 0.1) is 19.1 Å². The van der Waals surface area contributed by atoms with Crippen molar-refractivity contribution in [1.82, 2.24) is 10.1 Å². The zero-order valence-electron chi connectivity index (χ0n) is 7.35. The Morgan fingerprint density at radius 1 is 1.54 bits per heavy atom. The molecule has 5 heteroatoms. The summed E-state index contributed by atoms with van der Waals surface area (Å²) in [6, 6.07) is 0.193. The molecular formula is C8H13N3O2. The van der Waals surface area contributed by atoms with Crippen molar-refractivity contribution in [3.05, 3.63) is 12.2 Å². The lowest BCUT2D eigenvalue weighted by Gasteiger charge is -2.25. The van der Waals surface area contributed by atoms with E-state index in [0.717, 1.165) is 12.8 Å². The molecule has 2 heterocycles. The summed E-state index contributed by atoms with van der Waals surface area (Å²) < 4.78 is 10.4. The Bertz CT molecular complexity index is 242. The average molecular weight is 183 g/mol. The Hall–Kier alpha value is -0.940. The maximum atomic E-state index is 5.69. The largest absolute Gasteiger partial charge is 0.376 e. The molecule has 1 aliphatic rings. The number of nitrogens with zero attached hydrogens (tertiary/aromatic N) is 2. The second-order valence-corrected chi connectivity index (χ2v) is 3.33. The molecule has 1 aromatic heterocycles. The first-order chi connectivity index (χ1) is 6.34. The highest BCUT2D eigenvalue weighted by Crippen LogP contribution is 2.15. The molecule has 0 amide bonds. The molecule has 1 saturated heterocycles. The fourth-order valence-corrected chi connectivity index (χ4v) is 1.47. The Balaban J connectivity index is 1.83. The lowest BCUT2D eigenvalue weighted by molar-refractivity contribution is 0.00207. The highest BCUT2D eigenvalue weighted by atomic mass is 16.5. The van der Waals surface area contributed by atoms with Gasteiger partial charge in [-0.3, -0.25) is 0 Å². The number of ether oxygens (including phenoxy) is 1. The molecule has 0 spiro atoms. The van der Waals surface area contributed by atoms with Gasteiger partial charge >= 0.3 is 0 Å². The summed E-state index contributed by atoms with van der Waals surface area (Å²) in [6.07, 6.45) is 4.29. The van der Waals surface area contributed by atoms with Crippen LogP contribution in [0.3, 0.4) is 0 Å². The zero-order valence-corrected chi connectivity index (χ0v) is 7.35. The molecule has 0 bridgehead atoms. The quantitative estimate of drug-likeness (QED) is 0.704. The first-order valence-corrected chi connectivity index (χ1v) is 4.47. The van der Waals surface area contributed by atoms with Crippen LogP contribution in [0.15, 0.2) is 10.9 Å². The van der Waals surface area contributed by atoms with Crippen LogP contribution in [0.5, 0.6) is 0 Å². The molecular weight excluding hydrogens is 170 g/mol. The van der Waals surface area contributed by atoms with Crippen LogP contribution < -0.4 is 5.73 Å². The van der Waals surface area contributed by atoms with E-state index in [2.05, 4.69) is 10.1 Å². The molecule has 1 aromatic rings. The Labute approximate surface area is 76.3 Å². The number of nitrogens with two attached hydrogens (primary N) is 1. The van der Waals surface area contributed by atoms with E-state index in [1.165, 1.54) is 6.33 Å². The second-order valence-electron chi connectivity index (χ2n) is 3.33. The van der Waals surface area contributed by atoms with Crippen LogP contribution in [0, 0.1) is 0 Å². The summed E-state index contributed by atoms with van der Waals surface area (Å²) in [7, 11) is 0. The molecule has 2 atom stereocenters. The van der Waals surface area contributed by atoms with Gasteiger partial charge in [0.2, 0.25) is 5.89 Å². The number of aromatic nitrogens is 2. The minimum Gasteiger partial charge on any atom is -0.376 e. The summed E-state index contributed by atoms with van der Waals surface area (Å²) in [6.45, 7) is 0.638. The van der Waals surface area contributed by atoms with Crippen molar-refractivity contribution in [2.75, 3.05) is 6.61 Å². The first-order valence-electron chi connectivity index (χ1n) is 4.47. The molecule has 5 nitrogen and oxygen atoms in total. The summed E-state index contributed by atoms with van der Waals surface area (Å²) in [4.78, 5) is 3.94. The molecule has 0 saturated carbocycles. The first kappa shape index (κ1) is 8.65. The normalized spacial score (nSPS) is 29.0. The minimum atomic E-state index is 0.193. The van der Waals surface area contributed by atoms with Crippen LogP contribution in [0.2, 0.25) is 0 Å². The average Bonchev–Trinajstić information content (AvgIpc) is 2.62. The third-order valence-electron chi connectivity index (χ3n) is 2.21. The van der Waals surface area contributed by atoms with Crippen LogP contribution in [0.4, 0.5) is 0 Å². The van der Waals surface area contributed by atoms with Gasteiger partial charge in [0, 0.05) is 6.04 Å². The molecule has 0 aromatic carbocycles. The van der Waals surface area contributed by atoms with E-state index in [1.807, 2.05) is 0 Å². The highest BCUT2D eigenvalue weighted by Gasteiger charge is 2.20. The zero-order chi connectivity index (χ0) is 9.10. The van der Waals surface area contributed by atoms with Crippen molar-refractivity contribution in [3.63, 3.8) is 0 Å². The SMILES string of the molecule is N[C@@H]1CC[C@@H](Cc2ncno2)OC1. The minimum absolute atomic E-state index is 0.193. The lowest BCUT2D eigenvalue weighted by atomic mass is 10.0. The van der Waals surface area contributed by atoms with Crippen LogP contribution >= 0.6 is 0 Å². The number of rotatable bonds is 2. The van der Waals surface area contributed by atoms with Gasteiger partial charge in [-0.1, -0.05) is 5.16 Å². The smallest absolute Gasteiger partial charge is 0.228 e. The van der Waals surface area contributed by atoms with Crippen LogP contribution in [0.25, 0.3) is 0 Å². The van der Waals surface area contributed by atoms with Crippen LogP contribution in [0.1, 0.15) is 18.7 Å².